The molecule has 1 N–H and O–H groups in total. The number of nitrogens with one attached hydrogen (secondary N) is 1. The monoisotopic (exact) mass is 292 g/mol. The van der Waals surface area contributed by atoms with Gasteiger partial charge in [0.1, 0.15) is 0 Å². The summed E-state index contributed by atoms with van der Waals surface area (Å²) in [6.45, 7) is 3.15. The van der Waals surface area contributed by atoms with Gasteiger partial charge in [-0.2, -0.15) is 13.2 Å². The molecule has 3 unspecified atom stereocenters. The van der Waals surface area contributed by atoms with Crippen molar-refractivity contribution in [2.75, 3.05) is 13.1 Å². The molecule has 2 rings (SSSR count). The summed E-state index contributed by atoms with van der Waals surface area (Å²) in [6, 6.07) is -1.15. The van der Waals surface area contributed by atoms with Crippen LogP contribution in [0.2, 0.25) is 0 Å². The second-order valence-corrected chi connectivity index (χ2v) is 5.96. The third-order valence-corrected chi connectivity index (χ3v) is 4.44. The second kappa shape index (κ2) is 6.33. The average Bonchev–Trinajstić information content (AvgIpc) is 2.91. The van der Waals surface area contributed by atoms with Crippen LogP contribution in [0.1, 0.15) is 45.4 Å². The number of carbonyl (C=O) groups excluding carboxylic acids is 1. The molecule has 0 aromatic carbocycles. The molecule has 2 aliphatic rings. The molecule has 1 heterocycles. The molecule has 0 aromatic heterocycles. The molecule has 20 heavy (non-hydrogen) atoms. The van der Waals surface area contributed by atoms with Crippen molar-refractivity contribution in [2.45, 2.75) is 63.7 Å². The lowest BCUT2D eigenvalue weighted by atomic mass is 9.83. The van der Waals surface area contributed by atoms with E-state index in [1.807, 2.05) is 0 Å². The van der Waals surface area contributed by atoms with E-state index in [1.54, 1.807) is 11.8 Å². The number of carbonyl (C=O) groups is 1. The summed E-state index contributed by atoms with van der Waals surface area (Å²) in [5.74, 6) is -1.38. The topological polar surface area (TPSA) is 32.3 Å². The first kappa shape index (κ1) is 15.6. The summed E-state index contributed by atoms with van der Waals surface area (Å²) in [7, 11) is 0. The highest BCUT2D eigenvalue weighted by atomic mass is 19.4. The first-order chi connectivity index (χ1) is 9.39. The largest absolute Gasteiger partial charge is 0.393 e. The van der Waals surface area contributed by atoms with Crippen molar-refractivity contribution >= 4 is 5.91 Å². The highest BCUT2D eigenvalue weighted by molar-refractivity contribution is 5.81. The van der Waals surface area contributed by atoms with E-state index >= 15 is 0 Å². The van der Waals surface area contributed by atoms with Crippen LogP contribution >= 0.6 is 0 Å². The first-order valence-corrected chi connectivity index (χ1v) is 7.51. The van der Waals surface area contributed by atoms with Gasteiger partial charge in [-0.05, 0) is 32.6 Å². The predicted molar refractivity (Wildman–Crippen MR) is 70.2 cm³/mol. The first-order valence-electron chi connectivity index (χ1n) is 7.51. The number of amides is 1. The molecule has 1 saturated heterocycles. The van der Waals surface area contributed by atoms with Crippen LogP contribution in [0.3, 0.4) is 0 Å². The molecule has 116 valence electrons. The zero-order valence-electron chi connectivity index (χ0n) is 11.9. The van der Waals surface area contributed by atoms with Crippen LogP contribution in [0.4, 0.5) is 13.2 Å². The van der Waals surface area contributed by atoms with Crippen molar-refractivity contribution in [1.29, 1.82) is 0 Å². The van der Waals surface area contributed by atoms with Crippen molar-refractivity contribution in [3.63, 3.8) is 0 Å². The lowest BCUT2D eigenvalue weighted by Crippen LogP contribution is -2.53. The predicted octanol–water partition coefficient (Wildman–Crippen LogP) is 2.71. The number of halogens is 3. The zero-order valence-corrected chi connectivity index (χ0v) is 11.9. The van der Waals surface area contributed by atoms with Crippen LogP contribution in [-0.4, -0.2) is 42.2 Å². The van der Waals surface area contributed by atoms with Gasteiger partial charge in [-0.15, -0.1) is 0 Å². The van der Waals surface area contributed by atoms with Crippen LogP contribution in [0.25, 0.3) is 0 Å². The normalized spacial score (nSPS) is 29.5. The Bertz CT molecular complexity index is 340. The van der Waals surface area contributed by atoms with E-state index in [-0.39, 0.29) is 12.3 Å². The van der Waals surface area contributed by atoms with E-state index in [2.05, 4.69) is 5.32 Å². The molecule has 3 nitrogen and oxygen atoms in total. The Balaban J connectivity index is 1.94. The molecular weight excluding hydrogens is 269 g/mol. The maximum absolute atomic E-state index is 13.0. The van der Waals surface area contributed by atoms with Crippen LogP contribution in [0.15, 0.2) is 0 Å². The molecule has 1 amide bonds. The van der Waals surface area contributed by atoms with Crippen molar-refractivity contribution in [3.8, 4) is 0 Å². The summed E-state index contributed by atoms with van der Waals surface area (Å²) >= 11 is 0. The zero-order chi connectivity index (χ0) is 14.8. The van der Waals surface area contributed by atoms with Gasteiger partial charge in [0.05, 0.1) is 12.0 Å². The number of rotatable bonds is 3. The van der Waals surface area contributed by atoms with Gasteiger partial charge in [0.2, 0.25) is 5.91 Å². The molecule has 0 radical (unpaired) electrons. The van der Waals surface area contributed by atoms with Gasteiger partial charge < -0.3 is 10.2 Å². The fourth-order valence-electron chi connectivity index (χ4n) is 3.33. The average molecular weight is 292 g/mol. The van der Waals surface area contributed by atoms with Crippen molar-refractivity contribution in [3.05, 3.63) is 0 Å². The fourth-order valence-corrected chi connectivity index (χ4v) is 3.33. The number of alkyl halides is 3. The number of likely N-dealkylation sites (tertiary alicyclic amines) is 1. The van der Waals surface area contributed by atoms with Crippen LogP contribution in [0.5, 0.6) is 0 Å². The molecule has 1 saturated carbocycles. The number of hydrogen-bond acceptors (Lipinski definition) is 2. The third-order valence-electron chi connectivity index (χ3n) is 4.44. The van der Waals surface area contributed by atoms with Crippen LogP contribution in [0, 0.1) is 5.92 Å². The molecule has 3 atom stereocenters. The van der Waals surface area contributed by atoms with Gasteiger partial charge in [0, 0.05) is 19.1 Å². The molecule has 0 spiro atoms. The Labute approximate surface area is 117 Å². The lowest BCUT2D eigenvalue weighted by molar-refractivity contribution is -0.189. The van der Waals surface area contributed by atoms with E-state index in [0.29, 0.717) is 12.8 Å². The second-order valence-electron chi connectivity index (χ2n) is 5.96. The Morgan fingerprint density at radius 2 is 1.75 bits per heavy atom. The molecule has 1 aliphatic heterocycles. The molecular formula is C14H23F3N2O. The highest BCUT2D eigenvalue weighted by Gasteiger charge is 2.46. The van der Waals surface area contributed by atoms with E-state index in [1.165, 1.54) is 0 Å². The van der Waals surface area contributed by atoms with Crippen LogP contribution < -0.4 is 5.32 Å². The molecule has 0 aromatic rings. The minimum Gasteiger partial charge on any atom is -0.341 e. The third kappa shape index (κ3) is 3.65. The highest BCUT2D eigenvalue weighted by Crippen LogP contribution is 2.37. The minimum absolute atomic E-state index is 0.0611. The quantitative estimate of drug-likeness (QED) is 0.867. The fraction of sp³-hybridized carbons (Fsp3) is 0.929. The minimum atomic E-state index is -4.17. The van der Waals surface area contributed by atoms with Crippen molar-refractivity contribution < 1.29 is 18.0 Å². The lowest BCUT2D eigenvalue weighted by Gasteiger charge is -2.35. The standard InChI is InChI=1S/C14H23F3N2O/c1-10(13(20)19-8-4-5-9-19)18-12-7-3-2-6-11(12)14(15,16)17/h10-12,18H,2-9H2,1H3. The Morgan fingerprint density at radius 3 is 2.35 bits per heavy atom. The summed E-state index contributed by atoms with van der Waals surface area (Å²) in [5, 5.41) is 2.94. The van der Waals surface area contributed by atoms with E-state index in [9.17, 15) is 18.0 Å². The Kier molecular flexibility index (Phi) is 4.94. The van der Waals surface area contributed by atoms with E-state index in [0.717, 1.165) is 32.4 Å². The maximum Gasteiger partial charge on any atom is 0.393 e. The molecule has 1 aliphatic carbocycles. The van der Waals surface area contributed by atoms with Gasteiger partial charge in [-0.3, -0.25) is 4.79 Å². The van der Waals surface area contributed by atoms with Crippen molar-refractivity contribution in [2.24, 2.45) is 5.92 Å². The summed E-state index contributed by atoms with van der Waals surface area (Å²) in [6.07, 6.45) is -0.0894. The maximum atomic E-state index is 13.0. The summed E-state index contributed by atoms with van der Waals surface area (Å²) < 4.78 is 39.0. The van der Waals surface area contributed by atoms with Gasteiger partial charge >= 0.3 is 6.18 Å². The number of hydrogen-bond donors (Lipinski definition) is 1. The Hall–Kier alpha value is -0.780. The smallest absolute Gasteiger partial charge is 0.341 e. The molecule has 6 heteroatoms. The van der Waals surface area contributed by atoms with Gasteiger partial charge in [-0.25, -0.2) is 0 Å². The number of nitrogens with zero attached hydrogens (tertiary/aromatic N) is 1. The van der Waals surface area contributed by atoms with Crippen LogP contribution in [-0.2, 0) is 4.79 Å². The van der Waals surface area contributed by atoms with Gasteiger partial charge in [0.25, 0.3) is 0 Å². The molecule has 2 fully saturated rings. The molecule has 0 bridgehead atoms. The van der Waals surface area contributed by atoms with Crippen molar-refractivity contribution in [1.82, 2.24) is 10.2 Å². The summed E-state index contributed by atoms with van der Waals surface area (Å²) in [4.78, 5) is 13.9. The van der Waals surface area contributed by atoms with Gasteiger partial charge in [0.15, 0.2) is 0 Å². The van der Waals surface area contributed by atoms with Gasteiger partial charge in [-0.1, -0.05) is 12.8 Å². The van der Waals surface area contributed by atoms with E-state index < -0.39 is 24.2 Å². The van der Waals surface area contributed by atoms with E-state index in [4.69, 9.17) is 0 Å². The summed E-state index contributed by atoms with van der Waals surface area (Å²) in [5.41, 5.74) is 0. The Morgan fingerprint density at radius 1 is 1.15 bits per heavy atom. The SMILES string of the molecule is CC(NC1CCCCC1C(F)(F)F)C(=O)N1CCCC1.